The van der Waals surface area contributed by atoms with Gasteiger partial charge in [0.25, 0.3) is 0 Å². The van der Waals surface area contributed by atoms with Gasteiger partial charge in [0.05, 0.1) is 7.11 Å². The highest BCUT2D eigenvalue weighted by molar-refractivity contribution is 6.00. The maximum Gasteiger partial charge on any atom is 0.316 e. The van der Waals surface area contributed by atoms with E-state index in [1.807, 2.05) is 38.1 Å². The number of allylic oxidation sites excluding steroid dienone is 4. The van der Waals surface area contributed by atoms with Crippen LogP contribution < -0.4 is 9.47 Å². The first-order chi connectivity index (χ1) is 20.4. The smallest absolute Gasteiger partial charge is 0.316 e. The Morgan fingerprint density at radius 3 is 2.40 bits per heavy atom. The van der Waals surface area contributed by atoms with Crippen molar-refractivity contribution in [2.24, 2.45) is 17.8 Å². The van der Waals surface area contributed by atoms with Gasteiger partial charge >= 0.3 is 5.97 Å². The summed E-state index contributed by atoms with van der Waals surface area (Å²) in [4.78, 5) is 26.6. The molecular formula is C38H52O5. The van der Waals surface area contributed by atoms with E-state index in [1.165, 1.54) is 12.7 Å². The number of hydrogen-bond donors (Lipinski definition) is 0. The molecule has 2 aromatic carbocycles. The Kier molecular flexibility index (Phi) is 12.2. The number of fused-ring (bicyclic) bond motifs is 1. The van der Waals surface area contributed by atoms with Crippen LogP contribution in [0.4, 0.5) is 0 Å². The van der Waals surface area contributed by atoms with Gasteiger partial charge in [-0.2, -0.15) is 0 Å². The van der Waals surface area contributed by atoms with Crippen LogP contribution in [0.1, 0.15) is 94.5 Å². The number of Topliss-reactive ketones (excluding diaryl/α,β-unsaturated/α-hetero) is 1. The van der Waals surface area contributed by atoms with Gasteiger partial charge in [-0.05, 0) is 108 Å². The van der Waals surface area contributed by atoms with Crippen molar-refractivity contribution in [3.63, 3.8) is 0 Å². The van der Waals surface area contributed by atoms with Crippen molar-refractivity contribution in [2.75, 3.05) is 7.11 Å². The van der Waals surface area contributed by atoms with Gasteiger partial charge in [-0.1, -0.05) is 68.0 Å². The molecule has 1 aliphatic heterocycles. The molecule has 43 heavy (non-hydrogen) atoms. The summed E-state index contributed by atoms with van der Waals surface area (Å²) in [6.07, 6.45) is 11.1. The van der Waals surface area contributed by atoms with Gasteiger partial charge in [0.1, 0.15) is 29.6 Å². The normalized spacial score (nSPS) is 18.3. The number of methoxy groups -OCH3 is 1. The molecule has 4 unspecified atom stereocenters. The Balaban J connectivity index is 1.72. The molecule has 0 amide bonds. The van der Waals surface area contributed by atoms with Crippen molar-refractivity contribution >= 4 is 11.8 Å². The lowest BCUT2D eigenvalue weighted by molar-refractivity contribution is -0.151. The van der Waals surface area contributed by atoms with Crippen LogP contribution in [0.2, 0.25) is 0 Å². The number of ether oxygens (including phenoxy) is 3. The molecular weight excluding hydrogens is 536 g/mol. The van der Waals surface area contributed by atoms with E-state index in [4.69, 9.17) is 14.2 Å². The molecule has 1 aliphatic rings. The fourth-order valence-corrected chi connectivity index (χ4v) is 6.01. The number of ketones is 1. The molecule has 0 aromatic heterocycles. The molecule has 0 N–H and O–H groups in total. The number of benzene rings is 2. The van der Waals surface area contributed by atoms with E-state index in [0.29, 0.717) is 18.9 Å². The first-order valence-electron chi connectivity index (χ1n) is 15.8. The predicted molar refractivity (Wildman–Crippen MR) is 175 cm³/mol. The van der Waals surface area contributed by atoms with Crippen molar-refractivity contribution in [1.29, 1.82) is 0 Å². The number of carbonyl (C=O) groups is 2. The van der Waals surface area contributed by atoms with E-state index in [-0.39, 0.29) is 18.1 Å². The molecule has 4 atom stereocenters. The van der Waals surface area contributed by atoms with Gasteiger partial charge in [0, 0.05) is 12.0 Å². The fourth-order valence-electron chi connectivity index (χ4n) is 6.01. The SMILES string of the molecule is COC(=O)C(C(=O)CC1(C)CCc2c(C)c(OCc3ccccc3)c(C)c(C)c2O1)C(C)C=CCC(C)CCC=C(C)C. The number of esters is 1. The lowest BCUT2D eigenvalue weighted by Gasteiger charge is -2.38. The van der Waals surface area contributed by atoms with Crippen LogP contribution in [0.5, 0.6) is 11.5 Å². The minimum absolute atomic E-state index is 0.138. The van der Waals surface area contributed by atoms with Crippen molar-refractivity contribution in [2.45, 2.75) is 106 Å². The Morgan fingerprint density at radius 2 is 1.74 bits per heavy atom. The van der Waals surface area contributed by atoms with Crippen molar-refractivity contribution in [1.82, 2.24) is 0 Å². The van der Waals surface area contributed by atoms with Gasteiger partial charge < -0.3 is 14.2 Å². The maximum atomic E-state index is 13.7. The minimum Gasteiger partial charge on any atom is -0.488 e. The molecule has 0 fully saturated rings. The Hall–Kier alpha value is -3.34. The average molecular weight is 589 g/mol. The lowest BCUT2D eigenvalue weighted by Crippen LogP contribution is -2.42. The van der Waals surface area contributed by atoms with Crippen molar-refractivity contribution in [3.05, 3.63) is 82.0 Å². The highest BCUT2D eigenvalue weighted by atomic mass is 16.5. The highest BCUT2D eigenvalue weighted by Crippen LogP contribution is 2.45. The zero-order chi connectivity index (χ0) is 31.7. The summed E-state index contributed by atoms with van der Waals surface area (Å²) >= 11 is 0. The number of hydrogen-bond acceptors (Lipinski definition) is 5. The largest absolute Gasteiger partial charge is 0.488 e. The third-order valence-electron chi connectivity index (χ3n) is 8.86. The van der Waals surface area contributed by atoms with E-state index in [1.54, 1.807) is 0 Å². The molecule has 1 heterocycles. The second-order valence-corrected chi connectivity index (χ2v) is 13.0. The number of rotatable bonds is 14. The predicted octanol–water partition coefficient (Wildman–Crippen LogP) is 8.99. The third-order valence-corrected chi connectivity index (χ3v) is 8.86. The molecule has 3 rings (SSSR count). The Bertz CT molecular complexity index is 1320. The maximum absolute atomic E-state index is 13.7. The zero-order valence-corrected chi connectivity index (χ0v) is 27.8. The van der Waals surface area contributed by atoms with E-state index < -0.39 is 17.5 Å². The monoisotopic (exact) mass is 588 g/mol. The quantitative estimate of drug-likeness (QED) is 0.125. The van der Waals surface area contributed by atoms with E-state index >= 15 is 0 Å². The van der Waals surface area contributed by atoms with Crippen LogP contribution in [-0.2, 0) is 27.4 Å². The zero-order valence-electron chi connectivity index (χ0n) is 27.8. The minimum atomic E-state index is -0.859. The third kappa shape index (κ3) is 9.08. The van der Waals surface area contributed by atoms with Crippen LogP contribution in [0.15, 0.2) is 54.1 Å². The molecule has 0 bridgehead atoms. The Labute approximate surface area is 259 Å². The van der Waals surface area contributed by atoms with Crippen molar-refractivity contribution in [3.8, 4) is 11.5 Å². The summed E-state index contributed by atoms with van der Waals surface area (Å²) in [6.45, 7) is 17.1. The first kappa shape index (κ1) is 34.2. The van der Waals surface area contributed by atoms with Gasteiger partial charge in [-0.25, -0.2) is 0 Å². The summed E-state index contributed by atoms with van der Waals surface area (Å²) in [7, 11) is 1.35. The average Bonchev–Trinajstić information content (AvgIpc) is 2.96. The van der Waals surface area contributed by atoms with Crippen LogP contribution in [-0.4, -0.2) is 24.5 Å². The molecule has 0 radical (unpaired) electrons. The lowest BCUT2D eigenvalue weighted by atomic mass is 9.80. The van der Waals surface area contributed by atoms with Crippen LogP contribution >= 0.6 is 0 Å². The second kappa shape index (κ2) is 15.4. The summed E-state index contributed by atoms with van der Waals surface area (Å²) in [5.74, 6) is 0.527. The fraction of sp³-hybridized carbons (Fsp3) is 0.526. The second-order valence-electron chi connectivity index (χ2n) is 13.0. The summed E-state index contributed by atoms with van der Waals surface area (Å²) in [5, 5.41) is 0. The van der Waals surface area contributed by atoms with Crippen LogP contribution in [0, 0.1) is 38.5 Å². The molecule has 5 heteroatoms. The first-order valence-corrected chi connectivity index (χ1v) is 15.8. The molecule has 0 aliphatic carbocycles. The highest BCUT2D eigenvalue weighted by Gasteiger charge is 2.41. The van der Waals surface area contributed by atoms with E-state index in [0.717, 1.165) is 65.0 Å². The molecule has 0 saturated carbocycles. The topological polar surface area (TPSA) is 61.8 Å². The summed E-state index contributed by atoms with van der Waals surface area (Å²) in [5.41, 5.74) is 6.05. The number of carbonyl (C=O) groups excluding carboxylic acids is 2. The van der Waals surface area contributed by atoms with E-state index in [2.05, 4.69) is 65.8 Å². The van der Waals surface area contributed by atoms with Gasteiger partial charge in [0.15, 0.2) is 5.78 Å². The molecule has 234 valence electrons. The van der Waals surface area contributed by atoms with Crippen LogP contribution in [0.3, 0.4) is 0 Å². The van der Waals surface area contributed by atoms with Crippen LogP contribution in [0.25, 0.3) is 0 Å². The molecule has 5 nitrogen and oxygen atoms in total. The molecule has 2 aromatic rings. The van der Waals surface area contributed by atoms with Gasteiger partial charge in [-0.15, -0.1) is 0 Å². The Morgan fingerprint density at radius 1 is 1.05 bits per heavy atom. The van der Waals surface area contributed by atoms with Gasteiger partial charge in [0.2, 0.25) is 0 Å². The van der Waals surface area contributed by atoms with Gasteiger partial charge in [-0.3, -0.25) is 9.59 Å². The summed E-state index contributed by atoms with van der Waals surface area (Å²) in [6, 6.07) is 10.2. The standard InChI is InChI=1S/C38H52O5/c1-25(2)15-13-16-26(3)17-14-18-27(4)34(37(40)41-9)33(39)23-38(8)22-21-32-30(7)35(28(5)29(6)36(32)43-38)42-24-31-19-11-10-12-20-31/h10-12,14-15,18-20,26-27,34H,13,16-17,21-24H2,1-9H3. The summed E-state index contributed by atoms with van der Waals surface area (Å²) < 4.78 is 18.1. The van der Waals surface area contributed by atoms with Crippen molar-refractivity contribution < 1.29 is 23.8 Å². The van der Waals surface area contributed by atoms with E-state index in [9.17, 15) is 9.59 Å². The molecule has 0 saturated heterocycles. The molecule has 0 spiro atoms.